The molecule has 2 rings (SSSR count). The molecule has 0 spiro atoms. The average Bonchev–Trinajstić information content (AvgIpc) is 2.93. The number of imidazole rings is 1. The standard InChI is InChI=1S/C17H31N3/c1-3-5-6-14-7-9-15(10-8-14)16(18)17-19-11-13-20(17)12-4-2/h11,13-16H,3-10,12,18H2,1-2H3. The first kappa shape index (κ1) is 15.6. The largest absolute Gasteiger partial charge is 0.334 e. The smallest absolute Gasteiger partial charge is 0.125 e. The van der Waals surface area contributed by atoms with Crippen LogP contribution >= 0.6 is 0 Å². The second-order valence-electron chi connectivity index (χ2n) is 6.43. The highest BCUT2D eigenvalue weighted by Crippen LogP contribution is 2.37. The van der Waals surface area contributed by atoms with Gasteiger partial charge >= 0.3 is 0 Å². The molecule has 0 bridgehead atoms. The molecule has 0 amide bonds. The van der Waals surface area contributed by atoms with E-state index in [0.29, 0.717) is 5.92 Å². The van der Waals surface area contributed by atoms with Crippen molar-refractivity contribution in [3.8, 4) is 0 Å². The molecule has 3 nitrogen and oxygen atoms in total. The van der Waals surface area contributed by atoms with Crippen LogP contribution in [0.3, 0.4) is 0 Å². The van der Waals surface area contributed by atoms with Crippen molar-refractivity contribution in [3.63, 3.8) is 0 Å². The minimum Gasteiger partial charge on any atom is -0.334 e. The SMILES string of the molecule is CCCCC1CCC(C(N)c2nccn2CCC)CC1. The highest BCUT2D eigenvalue weighted by atomic mass is 15.1. The lowest BCUT2D eigenvalue weighted by Crippen LogP contribution is -2.28. The highest BCUT2D eigenvalue weighted by Gasteiger charge is 2.28. The Kier molecular flexibility index (Phi) is 6.08. The molecule has 1 fully saturated rings. The highest BCUT2D eigenvalue weighted by molar-refractivity contribution is 5.01. The Balaban J connectivity index is 1.87. The van der Waals surface area contributed by atoms with E-state index in [1.165, 1.54) is 44.9 Å². The Bertz CT molecular complexity index is 377. The van der Waals surface area contributed by atoms with Crippen LogP contribution in [0.25, 0.3) is 0 Å². The van der Waals surface area contributed by atoms with E-state index in [1.807, 2.05) is 6.20 Å². The summed E-state index contributed by atoms with van der Waals surface area (Å²) in [5.74, 6) is 2.68. The summed E-state index contributed by atoms with van der Waals surface area (Å²) in [4.78, 5) is 4.52. The lowest BCUT2D eigenvalue weighted by atomic mass is 9.77. The maximum atomic E-state index is 6.51. The molecule has 114 valence electrons. The molecule has 1 heterocycles. The van der Waals surface area contributed by atoms with Crippen LogP contribution in [0.2, 0.25) is 0 Å². The number of hydrogen-bond acceptors (Lipinski definition) is 2. The predicted octanol–water partition coefficient (Wildman–Crippen LogP) is 4.29. The molecule has 2 N–H and O–H groups in total. The van der Waals surface area contributed by atoms with Crippen molar-refractivity contribution < 1.29 is 0 Å². The number of hydrogen-bond donors (Lipinski definition) is 1. The third kappa shape index (κ3) is 3.85. The summed E-state index contributed by atoms with van der Waals surface area (Å²) < 4.78 is 2.24. The normalized spacial score (nSPS) is 24.8. The van der Waals surface area contributed by atoms with Gasteiger partial charge in [0.25, 0.3) is 0 Å². The molecule has 1 saturated carbocycles. The van der Waals surface area contributed by atoms with Gasteiger partial charge in [-0.3, -0.25) is 0 Å². The number of unbranched alkanes of at least 4 members (excludes halogenated alkanes) is 1. The van der Waals surface area contributed by atoms with E-state index in [0.717, 1.165) is 24.7 Å². The first-order chi connectivity index (χ1) is 9.76. The molecule has 0 aromatic carbocycles. The Morgan fingerprint density at radius 2 is 2.00 bits per heavy atom. The first-order valence-electron chi connectivity index (χ1n) is 8.52. The second kappa shape index (κ2) is 7.82. The van der Waals surface area contributed by atoms with Crippen molar-refractivity contribution >= 4 is 0 Å². The van der Waals surface area contributed by atoms with Crippen LogP contribution in [0.4, 0.5) is 0 Å². The van der Waals surface area contributed by atoms with Gasteiger partial charge in [0.2, 0.25) is 0 Å². The van der Waals surface area contributed by atoms with Crippen LogP contribution in [0.15, 0.2) is 12.4 Å². The maximum absolute atomic E-state index is 6.51. The molecule has 20 heavy (non-hydrogen) atoms. The van der Waals surface area contributed by atoms with Crippen LogP contribution in [0, 0.1) is 11.8 Å². The van der Waals surface area contributed by atoms with E-state index >= 15 is 0 Å². The van der Waals surface area contributed by atoms with Gasteiger partial charge in [-0.15, -0.1) is 0 Å². The monoisotopic (exact) mass is 277 g/mol. The summed E-state index contributed by atoms with van der Waals surface area (Å²) in [6, 6.07) is 0.128. The van der Waals surface area contributed by atoms with Crippen molar-refractivity contribution in [3.05, 3.63) is 18.2 Å². The molecule has 1 aliphatic rings. The molecule has 0 aliphatic heterocycles. The fourth-order valence-corrected chi connectivity index (χ4v) is 3.59. The van der Waals surface area contributed by atoms with Crippen LogP contribution in [-0.4, -0.2) is 9.55 Å². The zero-order chi connectivity index (χ0) is 14.4. The molecule has 0 saturated heterocycles. The minimum absolute atomic E-state index is 0.128. The van der Waals surface area contributed by atoms with E-state index in [-0.39, 0.29) is 6.04 Å². The van der Waals surface area contributed by atoms with Gasteiger partial charge in [0, 0.05) is 18.9 Å². The number of nitrogens with two attached hydrogens (primary N) is 1. The summed E-state index contributed by atoms with van der Waals surface area (Å²) >= 11 is 0. The third-order valence-electron chi connectivity index (χ3n) is 4.88. The third-order valence-corrected chi connectivity index (χ3v) is 4.88. The quantitative estimate of drug-likeness (QED) is 0.808. The van der Waals surface area contributed by atoms with Crippen molar-refractivity contribution in [2.24, 2.45) is 17.6 Å². The minimum atomic E-state index is 0.128. The molecule has 3 heteroatoms. The summed E-state index contributed by atoms with van der Waals surface area (Å²) in [6.45, 7) is 5.53. The van der Waals surface area contributed by atoms with Crippen molar-refractivity contribution in [2.75, 3.05) is 0 Å². The summed E-state index contributed by atoms with van der Waals surface area (Å²) in [5, 5.41) is 0. The van der Waals surface area contributed by atoms with Crippen LogP contribution in [0.5, 0.6) is 0 Å². The molecule has 1 aromatic rings. The van der Waals surface area contributed by atoms with Gasteiger partial charge in [-0.2, -0.15) is 0 Å². The van der Waals surface area contributed by atoms with Crippen molar-refractivity contribution in [2.45, 2.75) is 77.8 Å². The van der Waals surface area contributed by atoms with Crippen molar-refractivity contribution in [1.29, 1.82) is 0 Å². The molecule has 1 unspecified atom stereocenters. The van der Waals surface area contributed by atoms with E-state index in [1.54, 1.807) is 0 Å². The summed E-state index contributed by atoms with van der Waals surface area (Å²) in [7, 11) is 0. The van der Waals surface area contributed by atoms with Gasteiger partial charge in [-0.25, -0.2) is 4.98 Å². The summed E-state index contributed by atoms with van der Waals surface area (Å²) in [5.41, 5.74) is 6.51. The number of aryl methyl sites for hydroxylation is 1. The average molecular weight is 277 g/mol. The Labute approximate surface area is 124 Å². The number of aromatic nitrogens is 2. The lowest BCUT2D eigenvalue weighted by molar-refractivity contribution is 0.226. The van der Waals surface area contributed by atoms with E-state index in [2.05, 4.69) is 29.6 Å². The summed E-state index contributed by atoms with van der Waals surface area (Å²) in [6.07, 6.45) is 14.6. The number of nitrogens with zero attached hydrogens (tertiary/aromatic N) is 2. The van der Waals surface area contributed by atoms with E-state index < -0.39 is 0 Å². The zero-order valence-corrected chi connectivity index (χ0v) is 13.2. The van der Waals surface area contributed by atoms with Gasteiger partial charge < -0.3 is 10.3 Å². The first-order valence-corrected chi connectivity index (χ1v) is 8.52. The molecule has 1 aromatic heterocycles. The van der Waals surface area contributed by atoms with Gasteiger partial charge in [0.1, 0.15) is 5.82 Å². The van der Waals surface area contributed by atoms with E-state index in [9.17, 15) is 0 Å². The topological polar surface area (TPSA) is 43.8 Å². The Hall–Kier alpha value is -0.830. The Morgan fingerprint density at radius 1 is 1.25 bits per heavy atom. The van der Waals surface area contributed by atoms with Gasteiger partial charge in [0.15, 0.2) is 0 Å². The molecule has 0 radical (unpaired) electrons. The van der Waals surface area contributed by atoms with Gasteiger partial charge in [-0.05, 0) is 31.1 Å². The second-order valence-corrected chi connectivity index (χ2v) is 6.43. The van der Waals surface area contributed by atoms with Crippen LogP contribution in [0.1, 0.15) is 77.1 Å². The molecule has 1 atom stereocenters. The lowest BCUT2D eigenvalue weighted by Gasteiger charge is -2.32. The maximum Gasteiger partial charge on any atom is 0.125 e. The fraction of sp³-hybridized carbons (Fsp3) is 0.824. The number of rotatable bonds is 7. The fourth-order valence-electron chi connectivity index (χ4n) is 3.59. The van der Waals surface area contributed by atoms with Crippen molar-refractivity contribution in [1.82, 2.24) is 9.55 Å². The van der Waals surface area contributed by atoms with E-state index in [4.69, 9.17) is 5.73 Å². The molecule has 1 aliphatic carbocycles. The predicted molar refractivity (Wildman–Crippen MR) is 84.4 cm³/mol. The van der Waals surface area contributed by atoms with Gasteiger partial charge in [0.05, 0.1) is 6.04 Å². The van der Waals surface area contributed by atoms with Crippen LogP contribution in [-0.2, 0) is 6.54 Å². The Morgan fingerprint density at radius 3 is 2.65 bits per heavy atom. The zero-order valence-electron chi connectivity index (χ0n) is 13.2. The molecular formula is C17H31N3. The molecular weight excluding hydrogens is 246 g/mol. The van der Waals surface area contributed by atoms with Gasteiger partial charge in [-0.1, -0.05) is 46.0 Å². The van der Waals surface area contributed by atoms with Crippen LogP contribution < -0.4 is 5.73 Å².